The lowest BCUT2D eigenvalue weighted by molar-refractivity contribution is 0.0162. The van der Waals surface area contributed by atoms with Gasteiger partial charge in [-0.15, -0.1) is 24.8 Å². The van der Waals surface area contributed by atoms with Gasteiger partial charge in [-0.3, -0.25) is 4.90 Å². The molecule has 2 rings (SSSR count). The van der Waals surface area contributed by atoms with Crippen molar-refractivity contribution < 1.29 is 22.0 Å². The Bertz CT molecular complexity index is 456. The maximum atomic E-state index is 13.6. The highest BCUT2D eigenvalue weighted by Gasteiger charge is 2.33. The van der Waals surface area contributed by atoms with Crippen LogP contribution in [0.3, 0.4) is 0 Å². The zero-order valence-electron chi connectivity index (χ0n) is 10.8. The van der Waals surface area contributed by atoms with E-state index in [1.165, 1.54) is 4.90 Å². The summed E-state index contributed by atoms with van der Waals surface area (Å²) in [6.07, 6.45) is -2.88. The first kappa shape index (κ1) is 20.4. The van der Waals surface area contributed by atoms with E-state index in [9.17, 15) is 22.0 Å². The third kappa shape index (κ3) is 4.67. The van der Waals surface area contributed by atoms with Gasteiger partial charge in [0.2, 0.25) is 0 Å². The Morgan fingerprint density at radius 1 is 0.905 bits per heavy atom. The van der Waals surface area contributed by atoms with Crippen molar-refractivity contribution in [3.05, 3.63) is 35.1 Å². The number of halogens is 7. The number of alkyl halides is 2. The molecule has 0 amide bonds. The van der Waals surface area contributed by atoms with Gasteiger partial charge in [0.05, 0.1) is 6.04 Å². The normalized spacial score (nSPS) is 17.0. The molecule has 1 aliphatic rings. The molecule has 1 aliphatic heterocycles. The highest BCUT2D eigenvalue weighted by molar-refractivity contribution is 5.85. The molecule has 1 saturated heterocycles. The van der Waals surface area contributed by atoms with E-state index in [4.69, 9.17) is 0 Å². The van der Waals surface area contributed by atoms with E-state index in [-0.39, 0.29) is 24.8 Å². The Morgan fingerprint density at radius 2 is 1.43 bits per heavy atom. The van der Waals surface area contributed by atoms with Crippen molar-refractivity contribution in [2.75, 3.05) is 26.2 Å². The molecule has 0 aromatic heterocycles. The van der Waals surface area contributed by atoms with Crippen LogP contribution >= 0.6 is 24.8 Å². The van der Waals surface area contributed by atoms with Crippen LogP contribution < -0.4 is 5.32 Å². The van der Waals surface area contributed by atoms with Crippen molar-refractivity contribution in [1.82, 2.24) is 10.2 Å². The number of hydrogen-bond donors (Lipinski definition) is 1. The second-order valence-corrected chi connectivity index (χ2v) is 4.35. The minimum Gasteiger partial charge on any atom is -0.314 e. The van der Waals surface area contributed by atoms with Crippen LogP contribution in [0, 0.1) is 17.5 Å². The first-order chi connectivity index (χ1) is 9.00. The Labute approximate surface area is 131 Å². The standard InChI is InChI=1S/C12H13F5N2.2ClH/c13-8-6-10(15)9(14)5-7(8)11(12(16)17)19-3-1-18-2-4-19;;/h5-6,11-12,18H,1-4H2;2*1H/t11-;;/m1../s1. The summed E-state index contributed by atoms with van der Waals surface area (Å²) in [5.41, 5.74) is -0.504. The molecular weight excluding hydrogens is 338 g/mol. The lowest BCUT2D eigenvalue weighted by Crippen LogP contribution is -2.47. The van der Waals surface area contributed by atoms with E-state index in [1.54, 1.807) is 0 Å². The van der Waals surface area contributed by atoms with Crippen LogP contribution in [-0.2, 0) is 0 Å². The molecule has 1 atom stereocenters. The van der Waals surface area contributed by atoms with Gasteiger partial charge in [-0.1, -0.05) is 0 Å². The first-order valence-corrected chi connectivity index (χ1v) is 5.88. The zero-order chi connectivity index (χ0) is 14.0. The van der Waals surface area contributed by atoms with Crippen molar-refractivity contribution >= 4 is 24.8 Å². The fourth-order valence-corrected chi connectivity index (χ4v) is 2.22. The van der Waals surface area contributed by atoms with E-state index >= 15 is 0 Å². The summed E-state index contributed by atoms with van der Waals surface area (Å²) >= 11 is 0. The third-order valence-corrected chi connectivity index (χ3v) is 3.14. The van der Waals surface area contributed by atoms with Crippen LogP contribution in [-0.4, -0.2) is 37.5 Å². The van der Waals surface area contributed by atoms with Gasteiger partial charge >= 0.3 is 0 Å². The zero-order valence-corrected chi connectivity index (χ0v) is 12.4. The van der Waals surface area contributed by atoms with Crippen LogP contribution in [0.15, 0.2) is 12.1 Å². The molecule has 0 bridgehead atoms. The Balaban J connectivity index is 0.00000200. The lowest BCUT2D eigenvalue weighted by Gasteiger charge is -2.34. The molecule has 21 heavy (non-hydrogen) atoms. The summed E-state index contributed by atoms with van der Waals surface area (Å²) in [5.74, 6) is -3.85. The molecule has 1 fully saturated rings. The monoisotopic (exact) mass is 352 g/mol. The largest absolute Gasteiger partial charge is 0.314 e. The highest BCUT2D eigenvalue weighted by Crippen LogP contribution is 2.30. The second-order valence-electron chi connectivity index (χ2n) is 4.35. The maximum Gasteiger partial charge on any atom is 0.258 e. The van der Waals surface area contributed by atoms with Crippen molar-refractivity contribution in [1.29, 1.82) is 0 Å². The Kier molecular flexibility index (Phi) is 8.46. The minimum atomic E-state index is -2.88. The Morgan fingerprint density at radius 3 is 1.95 bits per heavy atom. The molecule has 0 saturated carbocycles. The maximum absolute atomic E-state index is 13.6. The molecule has 1 heterocycles. The van der Waals surface area contributed by atoms with Crippen LogP contribution in [0.2, 0.25) is 0 Å². The molecule has 1 aromatic carbocycles. The summed E-state index contributed by atoms with van der Waals surface area (Å²) in [7, 11) is 0. The van der Waals surface area contributed by atoms with E-state index in [1.807, 2.05) is 0 Å². The van der Waals surface area contributed by atoms with Crippen LogP contribution in [0.4, 0.5) is 22.0 Å². The van der Waals surface area contributed by atoms with Crippen molar-refractivity contribution in [2.45, 2.75) is 12.5 Å². The van der Waals surface area contributed by atoms with Crippen molar-refractivity contribution in [2.24, 2.45) is 0 Å². The van der Waals surface area contributed by atoms with Crippen molar-refractivity contribution in [3.63, 3.8) is 0 Å². The van der Waals surface area contributed by atoms with Gasteiger partial charge in [0.15, 0.2) is 11.6 Å². The lowest BCUT2D eigenvalue weighted by atomic mass is 10.0. The van der Waals surface area contributed by atoms with Gasteiger partial charge in [0, 0.05) is 37.8 Å². The van der Waals surface area contributed by atoms with Gasteiger partial charge in [-0.05, 0) is 6.07 Å². The van der Waals surface area contributed by atoms with Crippen LogP contribution in [0.25, 0.3) is 0 Å². The summed E-state index contributed by atoms with van der Waals surface area (Å²) < 4.78 is 65.9. The van der Waals surface area contributed by atoms with Gasteiger partial charge in [0.25, 0.3) is 6.43 Å². The van der Waals surface area contributed by atoms with Crippen LogP contribution in [0.5, 0.6) is 0 Å². The number of rotatable bonds is 3. The molecule has 1 N–H and O–H groups in total. The Hall–Kier alpha value is -0.630. The minimum absolute atomic E-state index is 0. The van der Waals surface area contributed by atoms with Gasteiger partial charge < -0.3 is 5.32 Å². The summed E-state index contributed by atoms with van der Waals surface area (Å²) in [6.45, 7) is 1.59. The molecule has 0 unspecified atom stereocenters. The molecule has 122 valence electrons. The smallest absolute Gasteiger partial charge is 0.258 e. The summed E-state index contributed by atoms with van der Waals surface area (Å²) in [4.78, 5) is 1.37. The molecule has 0 radical (unpaired) electrons. The number of piperazine rings is 1. The van der Waals surface area contributed by atoms with Gasteiger partial charge in [0.1, 0.15) is 5.82 Å². The molecule has 0 spiro atoms. The predicted molar refractivity (Wildman–Crippen MR) is 74.0 cm³/mol. The van der Waals surface area contributed by atoms with Crippen molar-refractivity contribution in [3.8, 4) is 0 Å². The highest BCUT2D eigenvalue weighted by atomic mass is 35.5. The molecular formula is C12H15Cl2F5N2. The van der Waals surface area contributed by atoms with Gasteiger partial charge in [-0.2, -0.15) is 0 Å². The topological polar surface area (TPSA) is 15.3 Å². The number of nitrogens with zero attached hydrogens (tertiary/aromatic N) is 1. The summed E-state index contributed by atoms with van der Waals surface area (Å²) in [5, 5.41) is 2.98. The number of hydrogen-bond acceptors (Lipinski definition) is 2. The molecule has 1 aromatic rings. The van der Waals surface area contributed by atoms with E-state index in [0.717, 1.165) is 0 Å². The SMILES string of the molecule is Cl.Cl.Fc1cc(F)c([C@H](C(F)F)N2CCNCC2)cc1F. The second kappa shape index (κ2) is 8.73. The number of nitrogens with one attached hydrogen (secondary N) is 1. The first-order valence-electron chi connectivity index (χ1n) is 5.88. The number of benzene rings is 1. The fraction of sp³-hybridized carbons (Fsp3) is 0.500. The van der Waals surface area contributed by atoms with E-state index in [2.05, 4.69) is 5.32 Å². The quantitative estimate of drug-likeness (QED) is 0.664. The average Bonchev–Trinajstić information content (AvgIpc) is 2.37. The predicted octanol–water partition coefficient (Wildman–Crippen LogP) is 3.16. The van der Waals surface area contributed by atoms with Crippen LogP contribution in [0.1, 0.15) is 11.6 Å². The third-order valence-electron chi connectivity index (χ3n) is 3.14. The molecule has 9 heteroatoms. The summed E-state index contributed by atoms with van der Waals surface area (Å²) in [6, 6.07) is -0.733. The van der Waals surface area contributed by atoms with E-state index in [0.29, 0.717) is 38.3 Å². The van der Waals surface area contributed by atoms with Gasteiger partial charge in [-0.25, -0.2) is 22.0 Å². The fourth-order valence-electron chi connectivity index (χ4n) is 2.22. The molecule has 0 aliphatic carbocycles. The average molecular weight is 353 g/mol. The molecule has 2 nitrogen and oxygen atoms in total. The van der Waals surface area contributed by atoms with E-state index < -0.39 is 35.5 Å².